The Hall–Kier alpha value is -0.160. The fourth-order valence-corrected chi connectivity index (χ4v) is 0.200. The van der Waals surface area contributed by atoms with E-state index in [-0.39, 0.29) is 6.61 Å². The van der Waals surface area contributed by atoms with Crippen molar-refractivity contribution in [1.82, 2.24) is 9.80 Å². The van der Waals surface area contributed by atoms with Gasteiger partial charge in [0.2, 0.25) is 0 Å². The van der Waals surface area contributed by atoms with Crippen molar-refractivity contribution < 1.29 is 5.11 Å². The van der Waals surface area contributed by atoms with Gasteiger partial charge in [-0.2, -0.15) is 0 Å². The van der Waals surface area contributed by atoms with Crippen molar-refractivity contribution in [2.24, 2.45) is 5.73 Å². The van der Waals surface area contributed by atoms with E-state index in [2.05, 4.69) is 5.73 Å². The maximum Gasteiger partial charge on any atom is 0.0558 e. The second kappa shape index (κ2) is 17.1. The maximum atomic E-state index is 8.20. The van der Waals surface area contributed by atoms with Crippen LogP contribution in [0.15, 0.2) is 0 Å². The molecule has 0 saturated carbocycles. The minimum atomic E-state index is 0.257. The largest absolute Gasteiger partial charge is 0.395 e. The zero-order valence-corrected chi connectivity index (χ0v) is 9.33. The summed E-state index contributed by atoms with van der Waals surface area (Å²) in [6.07, 6.45) is 0. The molecule has 0 radical (unpaired) electrons. The van der Waals surface area contributed by atoms with Crippen LogP contribution in [0.5, 0.6) is 0 Å². The molecule has 0 fully saturated rings. The van der Waals surface area contributed by atoms with Crippen LogP contribution in [-0.4, -0.2) is 70.3 Å². The van der Waals surface area contributed by atoms with Gasteiger partial charge < -0.3 is 20.6 Å². The molecular formula is C8H25N3O. The SMILES string of the molecule is CN.CN(C)C.CN(C)CCO. The molecule has 12 heavy (non-hydrogen) atoms. The lowest BCUT2D eigenvalue weighted by Crippen LogP contribution is -2.15. The van der Waals surface area contributed by atoms with E-state index in [1.54, 1.807) is 0 Å². The second-order valence-corrected chi connectivity index (χ2v) is 2.87. The van der Waals surface area contributed by atoms with Gasteiger partial charge in [0.15, 0.2) is 0 Å². The van der Waals surface area contributed by atoms with Crippen molar-refractivity contribution in [2.75, 3.05) is 55.4 Å². The van der Waals surface area contributed by atoms with Crippen LogP contribution in [0.1, 0.15) is 0 Å². The van der Waals surface area contributed by atoms with Crippen molar-refractivity contribution in [3.05, 3.63) is 0 Å². The van der Waals surface area contributed by atoms with E-state index in [4.69, 9.17) is 5.11 Å². The molecule has 4 nitrogen and oxygen atoms in total. The summed E-state index contributed by atoms with van der Waals surface area (Å²) in [6.45, 7) is 1.02. The van der Waals surface area contributed by atoms with E-state index < -0.39 is 0 Å². The molecule has 0 bridgehead atoms. The van der Waals surface area contributed by atoms with E-state index in [0.29, 0.717) is 0 Å². The van der Waals surface area contributed by atoms with Gasteiger partial charge in [0, 0.05) is 6.54 Å². The van der Waals surface area contributed by atoms with E-state index in [9.17, 15) is 0 Å². The zero-order valence-electron chi connectivity index (χ0n) is 9.33. The summed E-state index contributed by atoms with van der Waals surface area (Å²) in [5.74, 6) is 0. The van der Waals surface area contributed by atoms with E-state index in [1.807, 2.05) is 45.0 Å². The molecule has 0 heterocycles. The van der Waals surface area contributed by atoms with Crippen molar-refractivity contribution >= 4 is 0 Å². The molecule has 0 aromatic carbocycles. The molecule has 0 rings (SSSR count). The Kier molecular flexibility index (Phi) is 25.3. The lowest BCUT2D eigenvalue weighted by Gasteiger charge is -2.03. The number of hydrogen-bond donors (Lipinski definition) is 2. The number of rotatable bonds is 2. The molecule has 0 aromatic rings. The first-order chi connectivity index (χ1) is 5.50. The molecule has 0 atom stereocenters. The van der Waals surface area contributed by atoms with E-state index in [1.165, 1.54) is 7.05 Å². The van der Waals surface area contributed by atoms with Gasteiger partial charge in [0.05, 0.1) is 6.61 Å². The monoisotopic (exact) mass is 179 g/mol. The highest BCUT2D eigenvalue weighted by Gasteiger charge is 1.80. The average molecular weight is 179 g/mol. The molecule has 0 aliphatic heterocycles. The van der Waals surface area contributed by atoms with Crippen LogP contribution in [0.4, 0.5) is 0 Å². The third-order valence-corrected chi connectivity index (χ3v) is 0.547. The number of hydrogen-bond acceptors (Lipinski definition) is 4. The maximum absolute atomic E-state index is 8.20. The van der Waals surface area contributed by atoms with Crippen LogP contribution in [-0.2, 0) is 0 Å². The zero-order chi connectivity index (χ0) is 10.6. The minimum absolute atomic E-state index is 0.257. The average Bonchev–Trinajstić information content (AvgIpc) is 1.90. The van der Waals surface area contributed by atoms with Gasteiger partial charge in [-0.1, -0.05) is 0 Å². The van der Waals surface area contributed by atoms with Crippen LogP contribution in [0.2, 0.25) is 0 Å². The molecule has 0 aliphatic carbocycles. The summed E-state index contributed by atoms with van der Waals surface area (Å²) in [5.41, 5.74) is 4.50. The van der Waals surface area contributed by atoms with Crippen molar-refractivity contribution in [1.29, 1.82) is 0 Å². The summed E-state index contributed by atoms with van der Waals surface area (Å²) in [6, 6.07) is 0. The summed E-state index contributed by atoms with van der Waals surface area (Å²) in [7, 11) is 11.4. The minimum Gasteiger partial charge on any atom is -0.395 e. The number of nitrogens with zero attached hydrogens (tertiary/aromatic N) is 2. The standard InChI is InChI=1S/C4H11NO.C3H9N.CH5N/c1-5(2)3-4-6;1-4(2)3;1-2/h6H,3-4H2,1-2H3;1-3H3;2H2,1H3. The van der Waals surface area contributed by atoms with Gasteiger partial charge >= 0.3 is 0 Å². The normalized spacial score (nSPS) is 8.50. The van der Waals surface area contributed by atoms with Gasteiger partial charge in [-0.25, -0.2) is 0 Å². The fraction of sp³-hybridized carbons (Fsp3) is 1.00. The third kappa shape index (κ3) is 95.3. The summed E-state index contributed by atoms with van der Waals surface area (Å²) < 4.78 is 0. The molecule has 0 aromatic heterocycles. The molecule has 0 saturated heterocycles. The highest BCUT2D eigenvalue weighted by molar-refractivity contribution is 4.34. The summed E-state index contributed by atoms with van der Waals surface area (Å²) in [4.78, 5) is 3.93. The highest BCUT2D eigenvalue weighted by Crippen LogP contribution is 1.66. The Balaban J connectivity index is -0.000000118. The molecule has 3 N–H and O–H groups in total. The van der Waals surface area contributed by atoms with E-state index >= 15 is 0 Å². The first-order valence-electron chi connectivity index (χ1n) is 3.95. The van der Waals surface area contributed by atoms with Crippen molar-refractivity contribution in [3.63, 3.8) is 0 Å². The lowest BCUT2D eigenvalue weighted by atomic mass is 10.6. The Morgan fingerprint density at radius 3 is 1.25 bits per heavy atom. The summed E-state index contributed by atoms with van der Waals surface area (Å²) in [5, 5.41) is 8.20. The van der Waals surface area contributed by atoms with Gasteiger partial charge in [0.25, 0.3) is 0 Å². The Labute approximate surface area is 77.0 Å². The Bertz CT molecular complexity index is 55.5. The number of likely N-dealkylation sites (N-methyl/N-ethyl adjacent to an activating group) is 1. The number of aliphatic hydroxyl groups is 1. The first kappa shape index (κ1) is 17.8. The molecule has 78 valence electrons. The van der Waals surface area contributed by atoms with Crippen LogP contribution in [0.25, 0.3) is 0 Å². The molecule has 0 aliphatic rings. The quantitative estimate of drug-likeness (QED) is 0.588. The van der Waals surface area contributed by atoms with E-state index in [0.717, 1.165) is 6.54 Å². The third-order valence-electron chi connectivity index (χ3n) is 0.547. The van der Waals surface area contributed by atoms with Crippen LogP contribution >= 0.6 is 0 Å². The molecular weight excluding hydrogens is 154 g/mol. The smallest absolute Gasteiger partial charge is 0.0558 e. The van der Waals surface area contributed by atoms with Gasteiger partial charge in [0.1, 0.15) is 0 Å². The first-order valence-corrected chi connectivity index (χ1v) is 3.95. The van der Waals surface area contributed by atoms with Gasteiger partial charge in [-0.05, 0) is 42.3 Å². The Morgan fingerprint density at radius 1 is 1.00 bits per heavy atom. The van der Waals surface area contributed by atoms with Crippen LogP contribution < -0.4 is 5.73 Å². The lowest BCUT2D eigenvalue weighted by molar-refractivity contribution is 0.243. The van der Waals surface area contributed by atoms with Crippen molar-refractivity contribution in [2.45, 2.75) is 0 Å². The van der Waals surface area contributed by atoms with Crippen LogP contribution in [0, 0.1) is 0 Å². The summed E-state index contributed by atoms with van der Waals surface area (Å²) >= 11 is 0. The predicted molar refractivity (Wildman–Crippen MR) is 55.4 cm³/mol. The topological polar surface area (TPSA) is 52.7 Å². The van der Waals surface area contributed by atoms with Gasteiger partial charge in [-0.3, -0.25) is 0 Å². The number of nitrogens with two attached hydrogens (primary N) is 1. The predicted octanol–water partition coefficient (Wildman–Crippen LogP) is -0.707. The molecule has 4 heteroatoms. The Morgan fingerprint density at radius 2 is 1.25 bits per heavy atom. The van der Waals surface area contributed by atoms with Gasteiger partial charge in [-0.15, -0.1) is 0 Å². The molecule has 0 unspecified atom stereocenters. The number of aliphatic hydroxyl groups excluding tert-OH is 1. The molecule has 0 spiro atoms. The fourth-order valence-electron chi connectivity index (χ4n) is 0.200. The van der Waals surface area contributed by atoms with Crippen LogP contribution in [0.3, 0.4) is 0 Å². The highest BCUT2D eigenvalue weighted by atomic mass is 16.3. The second-order valence-electron chi connectivity index (χ2n) is 2.87. The molecule has 0 amide bonds. The van der Waals surface area contributed by atoms with Crippen molar-refractivity contribution in [3.8, 4) is 0 Å².